The van der Waals surface area contributed by atoms with Crippen molar-refractivity contribution < 1.29 is 14.3 Å². The van der Waals surface area contributed by atoms with Crippen molar-refractivity contribution in [1.29, 1.82) is 0 Å². The number of aromatic nitrogens is 2. The lowest BCUT2D eigenvalue weighted by atomic mass is 9.88. The highest BCUT2D eigenvalue weighted by Gasteiger charge is 2.30. The number of carbonyl (C=O) groups excluding carboxylic acids is 2. The number of hydrogen-bond donors (Lipinski definition) is 1. The lowest BCUT2D eigenvalue weighted by Crippen LogP contribution is -2.23. The Hall–Kier alpha value is -2.45. The van der Waals surface area contributed by atoms with Gasteiger partial charge in [0, 0.05) is 21.9 Å². The van der Waals surface area contributed by atoms with Gasteiger partial charge < -0.3 is 10.1 Å². The van der Waals surface area contributed by atoms with Crippen LogP contribution in [0.3, 0.4) is 0 Å². The van der Waals surface area contributed by atoms with Crippen LogP contribution in [0.4, 0.5) is 11.5 Å². The van der Waals surface area contributed by atoms with Crippen molar-refractivity contribution in [2.75, 3.05) is 11.9 Å². The summed E-state index contributed by atoms with van der Waals surface area (Å²) in [5.74, 6) is 0.590. The lowest BCUT2D eigenvalue weighted by Gasteiger charge is -2.20. The third-order valence-electron chi connectivity index (χ3n) is 5.35. The van der Waals surface area contributed by atoms with Gasteiger partial charge in [0.25, 0.3) is 0 Å². The van der Waals surface area contributed by atoms with Crippen LogP contribution < -0.4 is 5.32 Å². The summed E-state index contributed by atoms with van der Waals surface area (Å²) in [6, 6.07) is 6.00. The van der Waals surface area contributed by atoms with E-state index in [9.17, 15) is 9.59 Å². The van der Waals surface area contributed by atoms with Crippen LogP contribution in [0.25, 0.3) is 10.2 Å². The number of esters is 1. The van der Waals surface area contributed by atoms with Crippen molar-refractivity contribution >= 4 is 55.9 Å². The molecule has 2 aromatic heterocycles. The van der Waals surface area contributed by atoms with Crippen LogP contribution in [-0.4, -0.2) is 27.7 Å². The Bertz CT molecular complexity index is 1140. The minimum atomic E-state index is -0.106. The van der Waals surface area contributed by atoms with Crippen LogP contribution in [0, 0.1) is 5.92 Å². The van der Waals surface area contributed by atoms with Gasteiger partial charge in [0.1, 0.15) is 17.0 Å². The Kier molecular flexibility index (Phi) is 4.75. The number of benzene rings is 1. The summed E-state index contributed by atoms with van der Waals surface area (Å²) in [6.45, 7) is 2.26. The van der Waals surface area contributed by atoms with Crippen molar-refractivity contribution in [3.8, 4) is 0 Å². The van der Waals surface area contributed by atoms with Crippen molar-refractivity contribution in [3.05, 3.63) is 40.5 Å². The standard InChI is InChI=1S/C21H19N3O3S2/c1-2-27-21(26)12-4-6-14-16(7-12)29-20-18(14)19(22-10-23-20)24-13-5-3-11-8-17(25)28-15(11)9-13/h3,5,9-10,12H,2,4,6-8H2,1H3,(H,22,23,24). The first-order chi connectivity index (χ1) is 14.1. The molecule has 148 valence electrons. The number of hydrogen-bond acceptors (Lipinski definition) is 8. The number of nitrogens with zero attached hydrogens (tertiary/aromatic N) is 2. The Labute approximate surface area is 176 Å². The second-order valence-corrected chi connectivity index (χ2v) is 9.38. The molecule has 0 saturated heterocycles. The molecule has 0 radical (unpaired) electrons. The van der Waals surface area contributed by atoms with Gasteiger partial charge in [-0.1, -0.05) is 17.8 Å². The predicted octanol–water partition coefficient (Wildman–Crippen LogP) is 4.28. The summed E-state index contributed by atoms with van der Waals surface area (Å²) in [7, 11) is 0. The number of thiophene rings is 1. The fraction of sp³-hybridized carbons (Fsp3) is 0.333. The average molecular weight is 426 g/mol. The van der Waals surface area contributed by atoms with Crippen LogP contribution in [0.15, 0.2) is 29.4 Å². The highest BCUT2D eigenvalue weighted by atomic mass is 32.2. The van der Waals surface area contributed by atoms with Crippen LogP contribution in [0.1, 0.15) is 29.3 Å². The first-order valence-corrected chi connectivity index (χ1v) is 11.3. The topological polar surface area (TPSA) is 81.2 Å². The van der Waals surface area contributed by atoms with E-state index in [1.54, 1.807) is 17.7 Å². The summed E-state index contributed by atoms with van der Waals surface area (Å²) in [5, 5.41) is 4.65. The molecule has 6 nitrogen and oxygen atoms in total. The van der Waals surface area contributed by atoms with E-state index in [1.807, 2.05) is 25.1 Å². The maximum atomic E-state index is 12.2. The SMILES string of the molecule is CCOC(=O)C1CCc2c(sc3ncnc(Nc4ccc5c(c4)SC(=O)C5)c23)C1. The summed E-state index contributed by atoms with van der Waals surface area (Å²) >= 11 is 2.93. The van der Waals surface area contributed by atoms with Gasteiger partial charge >= 0.3 is 5.97 Å². The molecule has 0 bridgehead atoms. The molecular weight excluding hydrogens is 406 g/mol. The molecule has 1 aliphatic heterocycles. The van der Waals surface area contributed by atoms with E-state index in [0.717, 1.165) is 45.0 Å². The Morgan fingerprint density at radius 3 is 3.10 bits per heavy atom. The molecule has 3 heterocycles. The van der Waals surface area contributed by atoms with Gasteiger partial charge in [-0.15, -0.1) is 11.3 Å². The van der Waals surface area contributed by atoms with Crippen LogP contribution in [0.2, 0.25) is 0 Å². The summed E-state index contributed by atoms with van der Waals surface area (Å²) in [4.78, 5) is 35.9. The molecule has 0 amide bonds. The normalized spacial score (nSPS) is 17.8. The van der Waals surface area contributed by atoms with Gasteiger partial charge in [-0.2, -0.15) is 0 Å². The number of nitrogens with one attached hydrogen (secondary N) is 1. The van der Waals surface area contributed by atoms with Crippen LogP contribution in [-0.2, 0) is 33.6 Å². The first-order valence-electron chi connectivity index (χ1n) is 9.65. The molecule has 0 spiro atoms. The molecule has 29 heavy (non-hydrogen) atoms. The summed E-state index contributed by atoms with van der Waals surface area (Å²) in [6.07, 6.45) is 4.37. The molecule has 2 aliphatic rings. The van der Waals surface area contributed by atoms with Gasteiger partial charge in [-0.25, -0.2) is 9.97 Å². The summed E-state index contributed by atoms with van der Waals surface area (Å²) < 4.78 is 5.22. The molecule has 1 unspecified atom stereocenters. The second kappa shape index (κ2) is 7.42. The predicted molar refractivity (Wildman–Crippen MR) is 114 cm³/mol. The summed E-state index contributed by atoms with van der Waals surface area (Å²) in [5.41, 5.74) is 3.22. The van der Waals surface area contributed by atoms with E-state index >= 15 is 0 Å². The van der Waals surface area contributed by atoms with Crippen LogP contribution >= 0.6 is 23.1 Å². The molecule has 1 aromatic carbocycles. The molecule has 5 rings (SSSR count). The second-order valence-electron chi connectivity index (χ2n) is 7.20. The number of fused-ring (bicyclic) bond motifs is 4. The lowest BCUT2D eigenvalue weighted by molar-refractivity contribution is -0.148. The average Bonchev–Trinajstić information content (AvgIpc) is 3.26. The van der Waals surface area contributed by atoms with Crippen molar-refractivity contribution in [3.63, 3.8) is 0 Å². The van der Waals surface area contributed by atoms with Gasteiger partial charge in [0.05, 0.1) is 17.9 Å². The molecule has 1 atom stereocenters. The Balaban J connectivity index is 1.47. The van der Waals surface area contributed by atoms with E-state index in [4.69, 9.17) is 4.74 Å². The van der Waals surface area contributed by atoms with E-state index < -0.39 is 0 Å². The molecule has 1 N–H and O–H groups in total. The van der Waals surface area contributed by atoms with Gasteiger partial charge in [0.15, 0.2) is 5.12 Å². The number of ether oxygens (including phenoxy) is 1. The number of aryl methyl sites for hydroxylation is 1. The van der Waals surface area contributed by atoms with Gasteiger partial charge in [0.2, 0.25) is 0 Å². The van der Waals surface area contributed by atoms with E-state index in [0.29, 0.717) is 19.4 Å². The molecule has 8 heteroatoms. The fourth-order valence-electron chi connectivity index (χ4n) is 3.99. The highest BCUT2D eigenvalue weighted by molar-refractivity contribution is 8.14. The number of rotatable bonds is 4. The zero-order valence-electron chi connectivity index (χ0n) is 15.9. The minimum Gasteiger partial charge on any atom is -0.466 e. The highest BCUT2D eigenvalue weighted by Crippen LogP contribution is 2.41. The minimum absolute atomic E-state index is 0.0776. The zero-order valence-corrected chi connectivity index (χ0v) is 17.5. The largest absolute Gasteiger partial charge is 0.466 e. The Morgan fingerprint density at radius 2 is 2.24 bits per heavy atom. The number of thioether (sulfide) groups is 1. The van der Waals surface area contributed by atoms with Gasteiger partial charge in [-0.05, 0) is 49.4 Å². The quantitative estimate of drug-likeness (QED) is 0.625. The maximum absolute atomic E-state index is 12.2. The maximum Gasteiger partial charge on any atom is 0.309 e. The molecule has 0 saturated carbocycles. The molecule has 3 aromatic rings. The zero-order chi connectivity index (χ0) is 20.0. The third-order valence-corrected chi connectivity index (χ3v) is 7.49. The van der Waals surface area contributed by atoms with E-state index in [-0.39, 0.29) is 17.0 Å². The van der Waals surface area contributed by atoms with E-state index in [2.05, 4.69) is 15.3 Å². The first kappa shape index (κ1) is 18.6. The monoisotopic (exact) mass is 425 g/mol. The number of anilines is 2. The molecule has 1 aliphatic carbocycles. The van der Waals surface area contributed by atoms with Crippen molar-refractivity contribution in [2.24, 2.45) is 5.92 Å². The molecule has 0 fully saturated rings. The molecular formula is C21H19N3O3S2. The van der Waals surface area contributed by atoms with E-state index in [1.165, 1.54) is 22.2 Å². The Morgan fingerprint density at radius 1 is 1.34 bits per heavy atom. The number of carbonyl (C=O) groups is 2. The smallest absolute Gasteiger partial charge is 0.309 e. The third kappa shape index (κ3) is 3.40. The van der Waals surface area contributed by atoms with Gasteiger partial charge in [-0.3, -0.25) is 9.59 Å². The van der Waals surface area contributed by atoms with Crippen molar-refractivity contribution in [1.82, 2.24) is 9.97 Å². The van der Waals surface area contributed by atoms with Crippen LogP contribution in [0.5, 0.6) is 0 Å². The fourth-order valence-corrected chi connectivity index (χ4v) is 6.19. The van der Waals surface area contributed by atoms with Crippen molar-refractivity contribution in [2.45, 2.75) is 37.5 Å².